The molecule has 4 heteroatoms. The van der Waals surface area contributed by atoms with E-state index in [0.717, 1.165) is 4.91 Å². The molecule has 1 aliphatic carbocycles. The van der Waals surface area contributed by atoms with E-state index in [2.05, 4.69) is 11.1 Å². The summed E-state index contributed by atoms with van der Waals surface area (Å²) in [7, 11) is 0. The molecule has 0 aromatic heterocycles. The van der Waals surface area contributed by atoms with E-state index in [9.17, 15) is 9.59 Å². The number of hydrogen-bond donors (Lipinski definition) is 1. The van der Waals surface area contributed by atoms with Gasteiger partial charge in [-0.1, -0.05) is 6.08 Å². The first kappa shape index (κ1) is 7.61. The van der Waals surface area contributed by atoms with Crippen LogP contribution in [0, 0.1) is 5.75 Å². The molecule has 0 aromatic rings. The smallest absolute Gasteiger partial charge is 0.245 e. The largest absolute Gasteiger partial charge is 0.321 e. The molecule has 1 amide bonds. The summed E-state index contributed by atoms with van der Waals surface area (Å²) in [6, 6.07) is 0. The number of ketones is 1. The minimum Gasteiger partial charge on any atom is -0.321 e. The molecule has 0 bridgehead atoms. The van der Waals surface area contributed by atoms with Crippen LogP contribution in [0.3, 0.4) is 0 Å². The number of hydrogen-bond acceptors (Lipinski definition) is 3. The van der Waals surface area contributed by atoms with Crippen molar-refractivity contribution >= 4 is 23.5 Å². The fraction of sp³-hybridized carbons (Fsp3) is 0.125. The Bertz CT molecular complexity index is 317. The molecule has 1 aliphatic heterocycles. The second-order valence-electron chi connectivity index (χ2n) is 2.43. The number of allylic oxidation sites excluding steroid dienone is 3. The third-order valence-electron chi connectivity index (χ3n) is 1.59. The second-order valence-corrected chi connectivity index (χ2v) is 3.28. The van der Waals surface area contributed by atoms with Gasteiger partial charge in [0.1, 0.15) is 0 Å². The molecule has 12 heavy (non-hydrogen) atoms. The van der Waals surface area contributed by atoms with Crippen LogP contribution in [0.15, 0.2) is 22.8 Å². The van der Waals surface area contributed by atoms with Gasteiger partial charge < -0.3 is 5.32 Å². The lowest BCUT2D eigenvalue weighted by Gasteiger charge is -2.18. The quantitative estimate of drug-likeness (QED) is 0.593. The van der Waals surface area contributed by atoms with Gasteiger partial charge in [-0.25, -0.2) is 0 Å². The SMILES string of the molecule is O=C1[C]SC2=C(N1)C(=O)CC=C2. The first-order valence-electron chi connectivity index (χ1n) is 3.45. The van der Waals surface area contributed by atoms with E-state index in [-0.39, 0.29) is 11.7 Å². The Hall–Kier alpha value is -1.03. The molecular formula is C8H5NO2S. The Morgan fingerprint density at radius 1 is 1.50 bits per heavy atom. The Morgan fingerprint density at radius 2 is 2.33 bits per heavy atom. The number of amides is 1. The van der Waals surface area contributed by atoms with Crippen molar-refractivity contribution in [1.82, 2.24) is 5.32 Å². The summed E-state index contributed by atoms with van der Waals surface area (Å²) >= 11 is 1.17. The van der Waals surface area contributed by atoms with Gasteiger partial charge in [-0.05, 0) is 6.08 Å². The van der Waals surface area contributed by atoms with Crippen molar-refractivity contribution in [2.24, 2.45) is 0 Å². The average Bonchev–Trinajstić information content (AvgIpc) is 2.07. The Morgan fingerprint density at radius 3 is 3.17 bits per heavy atom. The molecule has 2 rings (SSSR count). The van der Waals surface area contributed by atoms with Gasteiger partial charge in [0.2, 0.25) is 5.91 Å². The Kier molecular flexibility index (Phi) is 1.77. The lowest BCUT2D eigenvalue weighted by Crippen LogP contribution is -2.31. The molecule has 0 spiro atoms. The molecule has 2 radical (unpaired) electrons. The van der Waals surface area contributed by atoms with Crippen molar-refractivity contribution < 1.29 is 9.59 Å². The molecule has 60 valence electrons. The summed E-state index contributed by atoms with van der Waals surface area (Å²) < 4.78 is 0. The minimum absolute atomic E-state index is 0.0325. The summed E-state index contributed by atoms with van der Waals surface area (Å²) in [6.45, 7) is 0. The maximum Gasteiger partial charge on any atom is 0.245 e. The maximum absolute atomic E-state index is 11.2. The van der Waals surface area contributed by atoms with Gasteiger partial charge >= 0.3 is 0 Å². The molecule has 1 heterocycles. The van der Waals surface area contributed by atoms with Crippen molar-refractivity contribution in [3.63, 3.8) is 0 Å². The van der Waals surface area contributed by atoms with Crippen molar-refractivity contribution in [1.29, 1.82) is 0 Å². The zero-order valence-electron chi connectivity index (χ0n) is 6.09. The summed E-state index contributed by atoms with van der Waals surface area (Å²) in [4.78, 5) is 22.8. The van der Waals surface area contributed by atoms with Crippen LogP contribution in [0.1, 0.15) is 6.42 Å². The highest BCUT2D eigenvalue weighted by molar-refractivity contribution is 8.06. The van der Waals surface area contributed by atoms with Crippen LogP contribution >= 0.6 is 11.8 Å². The highest BCUT2D eigenvalue weighted by Crippen LogP contribution is 2.30. The highest BCUT2D eigenvalue weighted by Gasteiger charge is 2.24. The van der Waals surface area contributed by atoms with E-state index in [1.807, 2.05) is 6.08 Å². The third kappa shape index (κ3) is 1.18. The molecule has 0 saturated heterocycles. The van der Waals surface area contributed by atoms with Gasteiger partial charge in [0, 0.05) is 11.3 Å². The van der Waals surface area contributed by atoms with Gasteiger partial charge in [-0.3, -0.25) is 9.59 Å². The van der Waals surface area contributed by atoms with Crippen LogP contribution in [0.5, 0.6) is 0 Å². The predicted molar refractivity (Wildman–Crippen MR) is 44.8 cm³/mol. The third-order valence-corrected chi connectivity index (χ3v) is 2.44. The predicted octanol–water partition coefficient (Wildman–Crippen LogP) is 0.629. The molecule has 3 nitrogen and oxygen atoms in total. The zero-order valence-corrected chi connectivity index (χ0v) is 6.90. The molecule has 0 atom stereocenters. The lowest BCUT2D eigenvalue weighted by molar-refractivity contribution is -0.120. The van der Waals surface area contributed by atoms with E-state index in [1.54, 1.807) is 6.08 Å². The van der Waals surface area contributed by atoms with Gasteiger partial charge in [0.05, 0.1) is 5.70 Å². The fourth-order valence-corrected chi connectivity index (χ4v) is 1.74. The van der Waals surface area contributed by atoms with Crippen molar-refractivity contribution in [3.8, 4) is 0 Å². The Labute approximate surface area is 73.9 Å². The van der Waals surface area contributed by atoms with Gasteiger partial charge in [0.25, 0.3) is 0 Å². The standard InChI is InChI=1S/C8H5NO2S/c10-5-2-1-3-6-8(5)9-7(11)4-12-6/h1,3H,2H2,(H,9,11). The number of thioether (sulfide) groups is 1. The molecule has 2 aliphatic rings. The second kappa shape index (κ2) is 2.79. The van der Waals surface area contributed by atoms with Crippen molar-refractivity contribution in [2.75, 3.05) is 0 Å². The molecule has 0 aromatic carbocycles. The first-order chi connectivity index (χ1) is 5.77. The summed E-state index contributed by atoms with van der Waals surface area (Å²) in [6.07, 6.45) is 3.99. The number of rotatable bonds is 0. The summed E-state index contributed by atoms with van der Waals surface area (Å²) in [5.74, 6) is 2.14. The fourth-order valence-electron chi connectivity index (χ4n) is 1.05. The molecule has 1 N–H and O–H groups in total. The normalized spacial score (nSPS) is 22.3. The number of carbonyl (C=O) groups excluding carboxylic acids is 2. The number of carbonyl (C=O) groups is 2. The number of nitrogens with one attached hydrogen (secondary N) is 1. The highest BCUT2D eigenvalue weighted by atomic mass is 32.2. The van der Waals surface area contributed by atoms with E-state index in [0.29, 0.717) is 12.1 Å². The topological polar surface area (TPSA) is 46.2 Å². The molecular weight excluding hydrogens is 174 g/mol. The van der Waals surface area contributed by atoms with Crippen LogP contribution in [0.4, 0.5) is 0 Å². The van der Waals surface area contributed by atoms with Crippen molar-refractivity contribution in [3.05, 3.63) is 28.5 Å². The average molecular weight is 179 g/mol. The van der Waals surface area contributed by atoms with E-state index in [4.69, 9.17) is 0 Å². The van der Waals surface area contributed by atoms with Gasteiger partial charge in [-0.15, -0.1) is 11.8 Å². The first-order valence-corrected chi connectivity index (χ1v) is 4.27. The van der Waals surface area contributed by atoms with E-state index in [1.165, 1.54) is 11.8 Å². The van der Waals surface area contributed by atoms with Gasteiger partial charge in [0.15, 0.2) is 11.5 Å². The van der Waals surface area contributed by atoms with Gasteiger partial charge in [-0.2, -0.15) is 0 Å². The van der Waals surface area contributed by atoms with Crippen LogP contribution in [-0.4, -0.2) is 11.7 Å². The van der Waals surface area contributed by atoms with Crippen molar-refractivity contribution in [2.45, 2.75) is 6.42 Å². The monoisotopic (exact) mass is 179 g/mol. The lowest BCUT2D eigenvalue weighted by atomic mass is 10.1. The van der Waals surface area contributed by atoms with Crippen LogP contribution in [-0.2, 0) is 9.59 Å². The maximum atomic E-state index is 11.2. The van der Waals surface area contributed by atoms with Crippen LogP contribution < -0.4 is 5.32 Å². The Balaban J connectivity index is 2.37. The number of Topliss-reactive ketones (excluding diaryl/α,β-unsaturated/α-hetero) is 1. The van der Waals surface area contributed by atoms with E-state index >= 15 is 0 Å². The molecule has 0 saturated carbocycles. The zero-order chi connectivity index (χ0) is 8.55. The minimum atomic E-state index is -0.331. The summed E-state index contributed by atoms with van der Waals surface area (Å²) in [5.41, 5.74) is 0.422. The summed E-state index contributed by atoms with van der Waals surface area (Å²) in [5, 5.41) is 2.48. The molecule has 0 fully saturated rings. The van der Waals surface area contributed by atoms with Crippen LogP contribution in [0.2, 0.25) is 0 Å². The molecule has 0 unspecified atom stereocenters. The van der Waals surface area contributed by atoms with E-state index < -0.39 is 0 Å². The van der Waals surface area contributed by atoms with Crippen LogP contribution in [0.25, 0.3) is 0 Å².